The summed E-state index contributed by atoms with van der Waals surface area (Å²) >= 11 is 0. The standard InChI is InChI=1S/C24H24F3N9O/c1-14(2)22(15-4-5-29-21(8-15)37-3)35-12-17(9-31-35)16-6-19(36-20(7-16)32-23(28)33-36)18-10-30-34(11-18)13-24(25,26)27/h4-12,14,22H,13H2,1-3H3,(H2,28,33). The van der Waals surface area contributed by atoms with Crippen molar-refractivity contribution in [1.29, 1.82) is 0 Å². The number of nitrogens with two attached hydrogens (primary N) is 1. The number of methoxy groups -OCH3 is 1. The van der Waals surface area contributed by atoms with Crippen LogP contribution in [-0.4, -0.2) is 52.4 Å². The van der Waals surface area contributed by atoms with Gasteiger partial charge in [0.05, 0.1) is 31.2 Å². The lowest BCUT2D eigenvalue weighted by molar-refractivity contribution is -0.142. The summed E-state index contributed by atoms with van der Waals surface area (Å²) in [6, 6.07) is 7.33. The Labute approximate surface area is 209 Å². The number of halogens is 3. The maximum Gasteiger partial charge on any atom is 0.408 e. The molecule has 0 bridgehead atoms. The highest BCUT2D eigenvalue weighted by Crippen LogP contribution is 2.32. The number of fused-ring (bicyclic) bond motifs is 1. The zero-order valence-corrected chi connectivity index (χ0v) is 20.3. The van der Waals surface area contributed by atoms with Crippen LogP contribution in [0.25, 0.3) is 28.0 Å². The molecule has 0 saturated carbocycles. The van der Waals surface area contributed by atoms with Crippen LogP contribution < -0.4 is 10.5 Å². The summed E-state index contributed by atoms with van der Waals surface area (Å²) in [6.07, 6.45) is 3.63. The fourth-order valence-corrected chi connectivity index (χ4v) is 4.34. The third kappa shape index (κ3) is 4.97. The molecule has 10 nitrogen and oxygen atoms in total. The first-order chi connectivity index (χ1) is 17.6. The van der Waals surface area contributed by atoms with Crippen molar-refractivity contribution in [1.82, 2.24) is 39.1 Å². The molecule has 5 heterocycles. The number of hydrogen-bond donors (Lipinski definition) is 1. The highest BCUT2D eigenvalue weighted by Gasteiger charge is 2.28. The predicted octanol–water partition coefficient (Wildman–Crippen LogP) is 4.25. The Morgan fingerprint density at radius 3 is 2.54 bits per heavy atom. The van der Waals surface area contributed by atoms with Gasteiger partial charge < -0.3 is 10.5 Å². The van der Waals surface area contributed by atoms with Gasteiger partial charge in [-0.25, -0.2) is 9.50 Å². The molecule has 0 aliphatic carbocycles. The Kier molecular flexibility index (Phi) is 6.05. The van der Waals surface area contributed by atoms with E-state index in [1.54, 1.807) is 31.6 Å². The number of aromatic nitrogens is 8. The van der Waals surface area contributed by atoms with Crippen LogP contribution in [0.4, 0.5) is 19.1 Å². The SMILES string of the molecule is COc1cc(C(C(C)C)n2cc(-c3cc(-c4cnn(CC(F)(F)F)c4)n4nc(N)nc4c3)cn2)ccn1. The molecular formula is C24H24F3N9O. The van der Waals surface area contributed by atoms with Gasteiger partial charge >= 0.3 is 6.18 Å². The van der Waals surface area contributed by atoms with Gasteiger partial charge in [0, 0.05) is 35.8 Å². The van der Waals surface area contributed by atoms with E-state index in [0.29, 0.717) is 22.8 Å². The fourth-order valence-electron chi connectivity index (χ4n) is 4.34. The first-order valence-corrected chi connectivity index (χ1v) is 11.4. The van der Waals surface area contributed by atoms with E-state index in [1.165, 1.54) is 16.9 Å². The van der Waals surface area contributed by atoms with Crippen molar-refractivity contribution in [3.8, 4) is 28.3 Å². The lowest BCUT2D eigenvalue weighted by Gasteiger charge is -2.22. The van der Waals surface area contributed by atoms with Crippen LogP contribution in [-0.2, 0) is 6.54 Å². The fraction of sp³-hybridized carbons (Fsp3) is 0.292. The second-order valence-electron chi connectivity index (χ2n) is 8.94. The normalized spacial score (nSPS) is 12.9. The van der Waals surface area contributed by atoms with E-state index in [9.17, 15) is 13.2 Å². The molecule has 0 fully saturated rings. The minimum Gasteiger partial charge on any atom is -0.481 e. The Hall–Kier alpha value is -4.42. The van der Waals surface area contributed by atoms with Crippen LogP contribution >= 0.6 is 0 Å². The van der Waals surface area contributed by atoms with Crippen molar-refractivity contribution in [3.63, 3.8) is 0 Å². The topological polar surface area (TPSA) is 114 Å². The summed E-state index contributed by atoms with van der Waals surface area (Å²) in [6.45, 7) is 3.00. The van der Waals surface area contributed by atoms with Gasteiger partial charge in [-0.15, -0.1) is 5.10 Å². The van der Waals surface area contributed by atoms with Crippen LogP contribution in [0.3, 0.4) is 0 Å². The molecular weight excluding hydrogens is 487 g/mol. The summed E-state index contributed by atoms with van der Waals surface area (Å²) < 4.78 is 48.1. The van der Waals surface area contributed by atoms with Crippen molar-refractivity contribution in [2.45, 2.75) is 32.6 Å². The summed E-state index contributed by atoms with van der Waals surface area (Å²) in [5.41, 5.74) is 9.76. The quantitative estimate of drug-likeness (QED) is 0.347. The monoisotopic (exact) mass is 511 g/mol. The van der Waals surface area contributed by atoms with E-state index in [-0.39, 0.29) is 17.9 Å². The van der Waals surface area contributed by atoms with Crippen molar-refractivity contribution < 1.29 is 17.9 Å². The molecule has 1 atom stereocenters. The molecule has 0 spiro atoms. The second-order valence-corrected chi connectivity index (χ2v) is 8.94. The van der Waals surface area contributed by atoms with Gasteiger partial charge in [0.25, 0.3) is 0 Å². The Morgan fingerprint density at radius 2 is 1.81 bits per heavy atom. The molecule has 5 aromatic rings. The number of nitrogens with zero attached hydrogens (tertiary/aromatic N) is 8. The number of alkyl halides is 3. The lowest BCUT2D eigenvalue weighted by atomic mass is 9.97. The van der Waals surface area contributed by atoms with E-state index in [2.05, 4.69) is 39.1 Å². The summed E-state index contributed by atoms with van der Waals surface area (Å²) in [5, 5.41) is 12.7. The average Bonchev–Trinajstić information content (AvgIpc) is 3.57. The van der Waals surface area contributed by atoms with Gasteiger partial charge in [-0.2, -0.15) is 28.4 Å². The largest absolute Gasteiger partial charge is 0.481 e. The molecule has 0 saturated heterocycles. The minimum absolute atomic E-state index is 0.0447. The molecule has 192 valence electrons. The molecule has 5 aromatic heterocycles. The van der Waals surface area contributed by atoms with Crippen LogP contribution in [0.5, 0.6) is 5.88 Å². The molecule has 13 heteroatoms. The Morgan fingerprint density at radius 1 is 1.03 bits per heavy atom. The maximum atomic E-state index is 12.9. The highest BCUT2D eigenvalue weighted by molar-refractivity contribution is 5.74. The van der Waals surface area contributed by atoms with Gasteiger partial charge in [0.15, 0.2) is 5.65 Å². The molecule has 37 heavy (non-hydrogen) atoms. The molecule has 0 radical (unpaired) electrons. The van der Waals surface area contributed by atoms with E-state index in [0.717, 1.165) is 21.4 Å². The first-order valence-electron chi connectivity index (χ1n) is 11.4. The van der Waals surface area contributed by atoms with Gasteiger partial charge in [-0.3, -0.25) is 9.36 Å². The predicted molar refractivity (Wildman–Crippen MR) is 130 cm³/mol. The third-order valence-corrected chi connectivity index (χ3v) is 5.88. The van der Waals surface area contributed by atoms with Crippen molar-refractivity contribution >= 4 is 11.6 Å². The van der Waals surface area contributed by atoms with Crippen LogP contribution in [0.2, 0.25) is 0 Å². The summed E-state index contributed by atoms with van der Waals surface area (Å²) in [7, 11) is 1.57. The maximum absolute atomic E-state index is 12.9. The molecule has 0 amide bonds. The Balaban J connectivity index is 1.56. The highest BCUT2D eigenvalue weighted by atomic mass is 19.4. The van der Waals surface area contributed by atoms with Gasteiger partial charge in [-0.05, 0) is 35.2 Å². The molecule has 5 rings (SSSR count). The third-order valence-electron chi connectivity index (χ3n) is 5.88. The molecule has 0 aliphatic heterocycles. The minimum atomic E-state index is -4.39. The molecule has 0 aliphatic rings. The lowest BCUT2D eigenvalue weighted by Crippen LogP contribution is -2.17. The zero-order chi connectivity index (χ0) is 26.3. The Bertz CT molecular complexity index is 1550. The number of anilines is 1. The molecule has 0 aromatic carbocycles. The second kappa shape index (κ2) is 9.22. The van der Waals surface area contributed by atoms with E-state index in [4.69, 9.17) is 10.5 Å². The van der Waals surface area contributed by atoms with Crippen molar-refractivity contribution in [3.05, 3.63) is 60.8 Å². The van der Waals surface area contributed by atoms with Gasteiger partial charge in [0.1, 0.15) is 6.54 Å². The van der Waals surface area contributed by atoms with Crippen molar-refractivity contribution in [2.75, 3.05) is 12.8 Å². The smallest absolute Gasteiger partial charge is 0.408 e. The molecule has 2 N–H and O–H groups in total. The van der Waals surface area contributed by atoms with Gasteiger partial charge in [0.2, 0.25) is 11.8 Å². The first kappa shape index (κ1) is 24.3. The number of ether oxygens (including phenoxy) is 1. The number of nitrogen functional groups attached to an aromatic ring is 1. The molecule has 1 unspecified atom stereocenters. The van der Waals surface area contributed by atoms with E-state index < -0.39 is 12.7 Å². The average molecular weight is 512 g/mol. The number of hydrogen-bond acceptors (Lipinski definition) is 7. The number of rotatable bonds is 7. The number of pyridine rings is 2. The van der Waals surface area contributed by atoms with E-state index in [1.807, 2.05) is 23.0 Å². The van der Waals surface area contributed by atoms with Crippen LogP contribution in [0.15, 0.2) is 55.2 Å². The summed E-state index contributed by atoms with van der Waals surface area (Å²) in [4.78, 5) is 8.45. The van der Waals surface area contributed by atoms with E-state index >= 15 is 0 Å². The zero-order valence-electron chi connectivity index (χ0n) is 20.3. The van der Waals surface area contributed by atoms with Crippen LogP contribution in [0, 0.1) is 5.92 Å². The summed E-state index contributed by atoms with van der Waals surface area (Å²) in [5.74, 6) is 0.762. The van der Waals surface area contributed by atoms with Gasteiger partial charge in [-0.1, -0.05) is 13.8 Å². The van der Waals surface area contributed by atoms with Crippen molar-refractivity contribution in [2.24, 2.45) is 5.92 Å². The van der Waals surface area contributed by atoms with Crippen LogP contribution in [0.1, 0.15) is 25.5 Å².